The standard InChI is InChI=1S/C17H19N5O2/c18-11-17(8-4-5-9-17)20-16(24)13-10-14(15(19)23)22(21-13)12-6-2-1-3-7-12/h1-3,6-7,14H,4-5,8-10H2,(H2,19,23)(H,20,24)/t14-/m1/s1. The highest BCUT2D eigenvalue weighted by molar-refractivity contribution is 6.40. The van der Waals surface area contributed by atoms with Crippen LogP contribution in [0.5, 0.6) is 0 Å². The minimum Gasteiger partial charge on any atom is -0.368 e. The number of rotatable bonds is 4. The monoisotopic (exact) mass is 325 g/mol. The Labute approximate surface area is 140 Å². The molecule has 1 fully saturated rings. The number of nitrogens with two attached hydrogens (primary N) is 1. The smallest absolute Gasteiger partial charge is 0.268 e. The molecule has 0 unspecified atom stereocenters. The average molecular weight is 325 g/mol. The van der Waals surface area contributed by atoms with Crippen molar-refractivity contribution in [3.8, 4) is 6.07 Å². The van der Waals surface area contributed by atoms with E-state index in [1.165, 1.54) is 5.01 Å². The van der Waals surface area contributed by atoms with Crippen LogP contribution in [0.1, 0.15) is 32.1 Å². The topological polar surface area (TPSA) is 112 Å². The van der Waals surface area contributed by atoms with E-state index in [1.807, 2.05) is 18.2 Å². The van der Waals surface area contributed by atoms with Gasteiger partial charge in [-0.25, -0.2) is 0 Å². The molecule has 2 aliphatic rings. The Hall–Kier alpha value is -2.88. The van der Waals surface area contributed by atoms with Gasteiger partial charge in [0.05, 0.1) is 11.8 Å². The molecule has 24 heavy (non-hydrogen) atoms. The number of nitrogens with zero attached hydrogens (tertiary/aromatic N) is 3. The molecule has 7 heteroatoms. The molecule has 7 nitrogen and oxygen atoms in total. The van der Waals surface area contributed by atoms with Crippen LogP contribution in [0.3, 0.4) is 0 Å². The normalized spacial score (nSPS) is 21.9. The molecule has 1 saturated carbocycles. The maximum atomic E-state index is 12.5. The van der Waals surface area contributed by atoms with Gasteiger partial charge in [0.1, 0.15) is 17.3 Å². The summed E-state index contributed by atoms with van der Waals surface area (Å²) in [5.41, 5.74) is 5.57. The average Bonchev–Trinajstić information content (AvgIpc) is 3.23. The molecule has 1 atom stereocenters. The summed E-state index contributed by atoms with van der Waals surface area (Å²) in [5, 5.41) is 18.0. The number of benzene rings is 1. The first kappa shape index (κ1) is 16.0. The number of carbonyl (C=O) groups is 2. The van der Waals surface area contributed by atoms with Crippen LogP contribution < -0.4 is 16.1 Å². The van der Waals surface area contributed by atoms with E-state index in [-0.39, 0.29) is 12.1 Å². The molecule has 0 saturated heterocycles. The van der Waals surface area contributed by atoms with Crippen molar-refractivity contribution in [3.63, 3.8) is 0 Å². The fourth-order valence-electron chi connectivity index (χ4n) is 3.22. The molecule has 0 bridgehead atoms. The summed E-state index contributed by atoms with van der Waals surface area (Å²) in [7, 11) is 0. The zero-order valence-electron chi connectivity index (χ0n) is 13.2. The zero-order valence-corrected chi connectivity index (χ0v) is 13.2. The van der Waals surface area contributed by atoms with Crippen LogP contribution in [0.25, 0.3) is 0 Å². The van der Waals surface area contributed by atoms with Gasteiger partial charge in [-0.15, -0.1) is 0 Å². The van der Waals surface area contributed by atoms with E-state index < -0.39 is 23.4 Å². The van der Waals surface area contributed by atoms with Crippen molar-refractivity contribution in [2.45, 2.75) is 43.7 Å². The van der Waals surface area contributed by atoms with Crippen LogP contribution in [-0.2, 0) is 9.59 Å². The summed E-state index contributed by atoms with van der Waals surface area (Å²) in [5.74, 6) is -0.940. The molecule has 0 radical (unpaired) electrons. The number of nitrogens with one attached hydrogen (secondary N) is 1. The number of amides is 2. The summed E-state index contributed by atoms with van der Waals surface area (Å²) >= 11 is 0. The summed E-state index contributed by atoms with van der Waals surface area (Å²) < 4.78 is 0. The lowest BCUT2D eigenvalue weighted by Crippen LogP contribution is -2.48. The van der Waals surface area contributed by atoms with Gasteiger partial charge in [-0.1, -0.05) is 18.2 Å². The van der Waals surface area contributed by atoms with E-state index in [0.717, 1.165) is 12.8 Å². The number of anilines is 1. The highest BCUT2D eigenvalue weighted by Gasteiger charge is 2.40. The van der Waals surface area contributed by atoms with Gasteiger partial charge in [0.15, 0.2) is 0 Å². The number of para-hydroxylation sites is 1. The van der Waals surface area contributed by atoms with Crippen LogP contribution in [-0.4, -0.2) is 29.1 Å². The van der Waals surface area contributed by atoms with Gasteiger partial charge in [0.2, 0.25) is 5.91 Å². The van der Waals surface area contributed by atoms with Gasteiger partial charge in [-0.3, -0.25) is 14.6 Å². The van der Waals surface area contributed by atoms with Crippen molar-refractivity contribution >= 4 is 23.2 Å². The molecule has 1 aromatic rings. The van der Waals surface area contributed by atoms with Crippen LogP contribution in [0.4, 0.5) is 5.69 Å². The summed E-state index contributed by atoms with van der Waals surface area (Å²) in [6.45, 7) is 0. The third-order valence-corrected chi connectivity index (χ3v) is 4.55. The number of hydrogen-bond acceptors (Lipinski definition) is 5. The van der Waals surface area contributed by atoms with Gasteiger partial charge in [0, 0.05) is 6.42 Å². The number of hydrogen-bond donors (Lipinski definition) is 2. The number of primary amides is 1. The second kappa shape index (κ2) is 6.32. The van der Waals surface area contributed by atoms with Crippen molar-refractivity contribution in [1.29, 1.82) is 5.26 Å². The van der Waals surface area contributed by atoms with Gasteiger partial charge in [0.25, 0.3) is 5.91 Å². The van der Waals surface area contributed by atoms with Crippen LogP contribution in [0, 0.1) is 11.3 Å². The zero-order chi connectivity index (χ0) is 17.2. The molecule has 1 aromatic carbocycles. The highest BCUT2D eigenvalue weighted by Crippen LogP contribution is 2.30. The Bertz CT molecular complexity index is 716. The Morgan fingerprint density at radius 3 is 2.54 bits per heavy atom. The lowest BCUT2D eigenvalue weighted by Gasteiger charge is -2.21. The summed E-state index contributed by atoms with van der Waals surface area (Å²) in [4.78, 5) is 24.3. The van der Waals surface area contributed by atoms with E-state index >= 15 is 0 Å². The Balaban J connectivity index is 1.82. The Morgan fingerprint density at radius 1 is 1.29 bits per heavy atom. The molecular weight excluding hydrogens is 306 g/mol. The van der Waals surface area contributed by atoms with Gasteiger partial charge in [-0.2, -0.15) is 10.4 Å². The first-order valence-corrected chi connectivity index (χ1v) is 7.99. The molecule has 1 aliphatic carbocycles. The van der Waals surface area contributed by atoms with Gasteiger partial charge in [-0.05, 0) is 37.8 Å². The molecule has 1 heterocycles. The predicted molar refractivity (Wildman–Crippen MR) is 88.9 cm³/mol. The molecule has 2 amide bonds. The first-order valence-electron chi connectivity index (χ1n) is 7.99. The van der Waals surface area contributed by atoms with Crippen molar-refractivity contribution in [3.05, 3.63) is 30.3 Å². The third kappa shape index (κ3) is 2.95. The van der Waals surface area contributed by atoms with Crippen molar-refractivity contribution in [2.24, 2.45) is 10.8 Å². The van der Waals surface area contributed by atoms with Gasteiger partial charge >= 0.3 is 0 Å². The maximum Gasteiger partial charge on any atom is 0.268 e. The predicted octanol–water partition coefficient (Wildman–Crippen LogP) is 1.06. The summed E-state index contributed by atoms with van der Waals surface area (Å²) in [6, 6.07) is 10.6. The second-order valence-corrected chi connectivity index (χ2v) is 6.20. The fraction of sp³-hybridized carbons (Fsp3) is 0.412. The van der Waals surface area contributed by atoms with Gasteiger partial charge < -0.3 is 11.1 Å². The number of hydrazone groups is 1. The minimum atomic E-state index is -0.817. The molecule has 0 spiro atoms. The maximum absolute atomic E-state index is 12.5. The molecular formula is C17H19N5O2. The largest absolute Gasteiger partial charge is 0.368 e. The number of nitriles is 1. The van der Waals surface area contributed by atoms with E-state index in [1.54, 1.807) is 12.1 Å². The SMILES string of the molecule is N#CC1(NC(=O)C2=NN(c3ccccc3)[C@@H](C(N)=O)C2)CCCC1. The third-order valence-electron chi connectivity index (χ3n) is 4.55. The summed E-state index contributed by atoms with van der Waals surface area (Å²) in [6.07, 6.45) is 3.26. The van der Waals surface area contributed by atoms with Crippen molar-refractivity contribution < 1.29 is 9.59 Å². The van der Waals surface area contributed by atoms with Crippen LogP contribution in [0.2, 0.25) is 0 Å². The van der Waals surface area contributed by atoms with Crippen LogP contribution >= 0.6 is 0 Å². The molecule has 124 valence electrons. The quantitative estimate of drug-likeness (QED) is 0.862. The van der Waals surface area contributed by atoms with E-state index in [0.29, 0.717) is 18.5 Å². The minimum absolute atomic E-state index is 0.136. The van der Waals surface area contributed by atoms with E-state index in [9.17, 15) is 14.9 Å². The molecule has 1 aliphatic heterocycles. The van der Waals surface area contributed by atoms with E-state index in [4.69, 9.17) is 5.73 Å². The molecule has 3 rings (SSSR count). The fourth-order valence-corrected chi connectivity index (χ4v) is 3.22. The molecule has 0 aromatic heterocycles. The van der Waals surface area contributed by atoms with E-state index in [2.05, 4.69) is 16.5 Å². The lowest BCUT2D eigenvalue weighted by atomic mass is 9.99. The lowest BCUT2D eigenvalue weighted by molar-refractivity contribution is -0.119. The Kier molecular flexibility index (Phi) is 4.21. The second-order valence-electron chi connectivity index (χ2n) is 6.20. The highest BCUT2D eigenvalue weighted by atomic mass is 16.2. The van der Waals surface area contributed by atoms with Crippen LogP contribution in [0.15, 0.2) is 35.4 Å². The van der Waals surface area contributed by atoms with Crippen molar-refractivity contribution in [1.82, 2.24) is 5.32 Å². The molecule has 3 N–H and O–H groups in total. The number of carbonyl (C=O) groups excluding carboxylic acids is 2. The first-order chi connectivity index (χ1) is 11.5. The Morgan fingerprint density at radius 2 is 1.96 bits per heavy atom. The van der Waals surface area contributed by atoms with Crippen molar-refractivity contribution in [2.75, 3.05) is 5.01 Å².